The van der Waals surface area contributed by atoms with E-state index < -0.39 is 0 Å². The average Bonchev–Trinajstić information content (AvgIpc) is 3.48. The van der Waals surface area contributed by atoms with Crippen LogP contribution < -0.4 is 9.47 Å². The molecule has 0 bridgehead atoms. The lowest BCUT2D eigenvalue weighted by atomic mass is 10.1. The molecule has 4 rings (SSSR count). The molecule has 3 aromatic rings. The van der Waals surface area contributed by atoms with Gasteiger partial charge in [-0.25, -0.2) is 15.0 Å². The van der Waals surface area contributed by atoms with Gasteiger partial charge in [0.15, 0.2) is 11.5 Å². The lowest BCUT2D eigenvalue weighted by molar-refractivity contribution is 0.0838. The van der Waals surface area contributed by atoms with Crippen molar-refractivity contribution in [1.29, 1.82) is 0 Å². The third-order valence-corrected chi connectivity index (χ3v) is 5.40. The van der Waals surface area contributed by atoms with Crippen LogP contribution in [0.4, 0.5) is 0 Å². The van der Waals surface area contributed by atoms with E-state index in [4.69, 9.17) is 19.2 Å². The number of likely N-dealkylation sites (N-methyl/N-ethyl adjacent to an activating group) is 1. The van der Waals surface area contributed by atoms with Crippen LogP contribution in [0.2, 0.25) is 0 Å². The zero-order chi connectivity index (χ0) is 22.3. The van der Waals surface area contributed by atoms with Gasteiger partial charge in [0.05, 0.1) is 24.9 Å². The Morgan fingerprint density at radius 3 is 2.91 bits per heavy atom. The zero-order valence-corrected chi connectivity index (χ0v) is 18.5. The van der Waals surface area contributed by atoms with Crippen molar-refractivity contribution in [2.45, 2.75) is 32.4 Å². The first kappa shape index (κ1) is 22.2. The van der Waals surface area contributed by atoms with E-state index in [2.05, 4.69) is 21.9 Å². The highest BCUT2D eigenvalue weighted by molar-refractivity contribution is 5.44. The molecule has 0 fully saturated rings. The number of imidazole rings is 1. The molecular weight excluding hydrogens is 410 g/mol. The number of rotatable bonds is 11. The Kier molecular flexibility index (Phi) is 7.31. The number of benzene rings is 1. The van der Waals surface area contributed by atoms with E-state index in [0.717, 1.165) is 41.4 Å². The number of fused-ring (bicyclic) bond motifs is 1. The van der Waals surface area contributed by atoms with Gasteiger partial charge in [0.2, 0.25) is 12.7 Å². The number of hydrogen-bond acceptors (Lipinski definition) is 8. The predicted molar refractivity (Wildman–Crippen MR) is 118 cm³/mol. The molecule has 0 amide bonds. The maximum atomic E-state index is 9.40. The third-order valence-electron chi connectivity index (χ3n) is 5.40. The van der Waals surface area contributed by atoms with Crippen LogP contribution in [0.15, 0.2) is 43.0 Å². The van der Waals surface area contributed by atoms with Crippen molar-refractivity contribution in [3.8, 4) is 17.4 Å². The standard InChI is InChI=1S/C23H29N5O4/c1-17-12-19(26-23(25-17)28-8-7-24-15-28)20(4-3-10-29)27(2)9-11-30-14-18-5-6-21-22(13-18)32-16-31-21/h5-8,12-13,15,20,29H,3-4,9-11,14,16H2,1-2H3. The quantitative estimate of drug-likeness (QED) is 0.456. The van der Waals surface area contributed by atoms with Crippen molar-refractivity contribution < 1.29 is 19.3 Å². The van der Waals surface area contributed by atoms with Gasteiger partial charge in [0, 0.05) is 31.2 Å². The van der Waals surface area contributed by atoms with E-state index in [-0.39, 0.29) is 19.4 Å². The molecule has 1 atom stereocenters. The van der Waals surface area contributed by atoms with Crippen molar-refractivity contribution in [2.75, 3.05) is 33.6 Å². The van der Waals surface area contributed by atoms with Gasteiger partial charge in [0.1, 0.15) is 6.33 Å². The molecule has 1 aliphatic rings. The summed E-state index contributed by atoms with van der Waals surface area (Å²) in [7, 11) is 2.06. The molecule has 0 radical (unpaired) electrons. The fraction of sp³-hybridized carbons (Fsp3) is 0.435. The average molecular weight is 440 g/mol. The Balaban J connectivity index is 1.38. The molecule has 1 unspecified atom stereocenters. The van der Waals surface area contributed by atoms with Gasteiger partial charge in [-0.05, 0) is 50.6 Å². The Bertz CT molecular complexity index is 1010. The molecule has 2 aromatic heterocycles. The molecule has 0 saturated heterocycles. The van der Waals surface area contributed by atoms with Gasteiger partial charge in [-0.2, -0.15) is 0 Å². The highest BCUT2D eigenvalue weighted by Crippen LogP contribution is 2.32. The summed E-state index contributed by atoms with van der Waals surface area (Å²) in [5.74, 6) is 2.13. The highest BCUT2D eigenvalue weighted by atomic mass is 16.7. The summed E-state index contributed by atoms with van der Waals surface area (Å²) in [6.45, 7) is 4.17. The van der Waals surface area contributed by atoms with Gasteiger partial charge in [-0.1, -0.05) is 6.07 Å². The number of nitrogens with zero attached hydrogens (tertiary/aromatic N) is 5. The predicted octanol–water partition coefficient (Wildman–Crippen LogP) is 2.66. The maximum absolute atomic E-state index is 9.40. The second-order valence-electron chi connectivity index (χ2n) is 7.81. The van der Waals surface area contributed by atoms with Crippen molar-refractivity contribution in [3.63, 3.8) is 0 Å². The third kappa shape index (κ3) is 5.42. The molecule has 3 heterocycles. The first-order valence-electron chi connectivity index (χ1n) is 10.8. The Labute approximate surface area is 187 Å². The van der Waals surface area contributed by atoms with E-state index in [9.17, 15) is 5.11 Å². The SMILES string of the molecule is Cc1cc(C(CCCO)N(C)CCOCc2ccc3c(c2)OCO3)nc(-n2ccnc2)n1. The Hall–Kier alpha value is -3.01. The van der Waals surface area contributed by atoms with Gasteiger partial charge >= 0.3 is 0 Å². The molecule has 170 valence electrons. The van der Waals surface area contributed by atoms with Crippen LogP contribution in [0.3, 0.4) is 0 Å². The van der Waals surface area contributed by atoms with Crippen LogP contribution in [0.1, 0.15) is 35.8 Å². The summed E-state index contributed by atoms with van der Waals surface area (Å²) in [4.78, 5) is 15.6. The van der Waals surface area contributed by atoms with E-state index in [1.54, 1.807) is 17.1 Å². The summed E-state index contributed by atoms with van der Waals surface area (Å²) >= 11 is 0. The van der Waals surface area contributed by atoms with Crippen LogP contribution in [0.5, 0.6) is 11.5 Å². The Morgan fingerprint density at radius 2 is 2.09 bits per heavy atom. The van der Waals surface area contributed by atoms with Crippen LogP contribution in [0, 0.1) is 6.92 Å². The zero-order valence-electron chi connectivity index (χ0n) is 18.5. The van der Waals surface area contributed by atoms with Crippen LogP contribution in [-0.2, 0) is 11.3 Å². The van der Waals surface area contributed by atoms with E-state index >= 15 is 0 Å². The van der Waals surface area contributed by atoms with Crippen LogP contribution in [-0.4, -0.2) is 63.1 Å². The maximum Gasteiger partial charge on any atom is 0.235 e. The largest absolute Gasteiger partial charge is 0.454 e. The summed E-state index contributed by atoms with van der Waals surface area (Å²) < 4.78 is 18.5. The number of aromatic nitrogens is 4. The number of aliphatic hydroxyl groups excluding tert-OH is 1. The minimum absolute atomic E-state index is 0.0419. The molecule has 0 spiro atoms. The first-order chi connectivity index (χ1) is 15.6. The highest BCUT2D eigenvalue weighted by Gasteiger charge is 2.20. The first-order valence-corrected chi connectivity index (χ1v) is 10.8. The number of hydrogen-bond donors (Lipinski definition) is 1. The Morgan fingerprint density at radius 1 is 1.22 bits per heavy atom. The molecule has 9 nitrogen and oxygen atoms in total. The topological polar surface area (TPSA) is 94.8 Å². The second-order valence-corrected chi connectivity index (χ2v) is 7.81. The lowest BCUT2D eigenvalue weighted by Gasteiger charge is -2.28. The normalized spacial score (nSPS) is 13.6. The van der Waals surface area contributed by atoms with Crippen molar-refractivity contribution >= 4 is 0 Å². The van der Waals surface area contributed by atoms with Crippen LogP contribution in [0.25, 0.3) is 5.95 Å². The lowest BCUT2D eigenvalue weighted by Crippen LogP contribution is -2.29. The molecule has 0 saturated carbocycles. The van der Waals surface area contributed by atoms with E-state index in [1.807, 2.05) is 37.4 Å². The van der Waals surface area contributed by atoms with Crippen molar-refractivity contribution in [1.82, 2.24) is 24.4 Å². The van der Waals surface area contributed by atoms with E-state index in [0.29, 0.717) is 25.6 Å². The molecule has 32 heavy (non-hydrogen) atoms. The summed E-state index contributed by atoms with van der Waals surface area (Å²) in [5, 5.41) is 9.40. The van der Waals surface area contributed by atoms with Crippen LogP contribution >= 0.6 is 0 Å². The summed E-state index contributed by atoms with van der Waals surface area (Å²) in [5.41, 5.74) is 2.86. The number of aliphatic hydroxyl groups is 1. The molecule has 1 N–H and O–H groups in total. The van der Waals surface area contributed by atoms with Gasteiger partial charge < -0.3 is 19.3 Å². The second kappa shape index (κ2) is 10.5. The van der Waals surface area contributed by atoms with Gasteiger partial charge in [-0.3, -0.25) is 9.47 Å². The van der Waals surface area contributed by atoms with E-state index in [1.165, 1.54) is 0 Å². The minimum Gasteiger partial charge on any atom is -0.454 e. The number of aryl methyl sites for hydroxylation is 1. The summed E-state index contributed by atoms with van der Waals surface area (Å²) in [6.07, 6.45) is 6.70. The minimum atomic E-state index is 0.0419. The molecule has 0 aliphatic carbocycles. The van der Waals surface area contributed by atoms with Gasteiger partial charge in [-0.15, -0.1) is 0 Å². The fourth-order valence-corrected chi connectivity index (χ4v) is 3.70. The van der Waals surface area contributed by atoms with Crippen molar-refractivity contribution in [2.24, 2.45) is 0 Å². The van der Waals surface area contributed by atoms with Gasteiger partial charge in [0.25, 0.3) is 0 Å². The molecule has 9 heteroatoms. The smallest absolute Gasteiger partial charge is 0.235 e. The number of ether oxygens (including phenoxy) is 3. The monoisotopic (exact) mass is 439 g/mol. The molecular formula is C23H29N5O4. The molecule has 1 aromatic carbocycles. The fourth-order valence-electron chi connectivity index (χ4n) is 3.70. The molecule has 1 aliphatic heterocycles. The van der Waals surface area contributed by atoms with Crippen molar-refractivity contribution in [3.05, 3.63) is 59.9 Å². The summed E-state index contributed by atoms with van der Waals surface area (Å²) in [6, 6.07) is 7.90.